The molecule has 0 bridgehead atoms. The van der Waals surface area contributed by atoms with Crippen LogP contribution < -0.4 is 5.56 Å². The predicted molar refractivity (Wildman–Crippen MR) is 69.6 cm³/mol. The lowest BCUT2D eigenvalue weighted by molar-refractivity contribution is 0.0696. The Bertz CT molecular complexity index is 691. The van der Waals surface area contributed by atoms with Gasteiger partial charge in [0, 0.05) is 19.9 Å². The van der Waals surface area contributed by atoms with Crippen LogP contribution in [-0.2, 0) is 11.3 Å². The molecule has 0 spiro atoms. The normalized spacial score (nSPS) is 10.8. The molecule has 2 heterocycles. The molecule has 0 atom stereocenters. The zero-order chi connectivity index (χ0) is 14.0. The zero-order valence-corrected chi connectivity index (χ0v) is 10.7. The van der Waals surface area contributed by atoms with Gasteiger partial charge in [-0.05, 0) is 19.1 Å². The molecule has 0 saturated carbocycles. The molecule has 6 nitrogen and oxygen atoms in total. The zero-order valence-electron chi connectivity index (χ0n) is 10.7. The first-order valence-corrected chi connectivity index (χ1v) is 5.77. The summed E-state index contributed by atoms with van der Waals surface area (Å²) in [5.41, 5.74) is 0.689. The van der Waals surface area contributed by atoms with Gasteiger partial charge in [-0.15, -0.1) is 0 Å². The van der Waals surface area contributed by atoms with Crippen molar-refractivity contribution in [3.05, 3.63) is 39.9 Å². The number of ether oxygens (including phenoxy) is 1. The van der Waals surface area contributed by atoms with Crippen molar-refractivity contribution in [1.82, 2.24) is 9.55 Å². The van der Waals surface area contributed by atoms with Gasteiger partial charge in [-0.2, -0.15) is 0 Å². The molecule has 100 valence electrons. The molecular formula is C13H14N2O4. The lowest BCUT2D eigenvalue weighted by Crippen LogP contribution is -2.22. The summed E-state index contributed by atoms with van der Waals surface area (Å²) in [6, 6.07) is 3.08. The Kier molecular flexibility index (Phi) is 3.62. The molecule has 0 saturated heterocycles. The largest absolute Gasteiger partial charge is 0.478 e. The van der Waals surface area contributed by atoms with E-state index in [1.54, 1.807) is 26.3 Å². The fraction of sp³-hybridized carbons (Fsp3) is 0.308. The van der Waals surface area contributed by atoms with Gasteiger partial charge in [0.1, 0.15) is 0 Å². The molecule has 2 aromatic rings. The summed E-state index contributed by atoms with van der Waals surface area (Å²) >= 11 is 0. The molecule has 0 aliphatic heterocycles. The smallest absolute Gasteiger partial charge is 0.337 e. The highest BCUT2D eigenvalue weighted by Crippen LogP contribution is 2.13. The van der Waals surface area contributed by atoms with Crippen LogP contribution in [0, 0.1) is 6.92 Å². The third-order valence-corrected chi connectivity index (χ3v) is 2.91. The number of carboxylic acids is 1. The molecule has 2 rings (SSSR count). The van der Waals surface area contributed by atoms with Gasteiger partial charge < -0.3 is 14.4 Å². The Morgan fingerprint density at radius 1 is 1.53 bits per heavy atom. The molecule has 0 amide bonds. The van der Waals surface area contributed by atoms with Crippen LogP contribution >= 0.6 is 0 Å². The number of rotatable bonds is 4. The van der Waals surface area contributed by atoms with E-state index in [1.165, 1.54) is 10.6 Å². The second-order valence-corrected chi connectivity index (χ2v) is 4.17. The number of aromatic nitrogens is 2. The number of hydrogen-bond acceptors (Lipinski definition) is 4. The van der Waals surface area contributed by atoms with Crippen molar-refractivity contribution < 1.29 is 14.6 Å². The Morgan fingerprint density at radius 3 is 2.89 bits per heavy atom. The highest BCUT2D eigenvalue weighted by molar-refractivity contribution is 5.93. The number of carbonyl (C=O) groups is 1. The SMILES string of the molecule is COCCn1ccc2nc(C)c(C(=O)O)cc2c1=O. The molecule has 0 aliphatic rings. The Morgan fingerprint density at radius 2 is 2.26 bits per heavy atom. The highest BCUT2D eigenvalue weighted by Gasteiger charge is 2.12. The van der Waals surface area contributed by atoms with E-state index < -0.39 is 5.97 Å². The van der Waals surface area contributed by atoms with Crippen LogP contribution in [0.25, 0.3) is 10.9 Å². The van der Waals surface area contributed by atoms with E-state index in [9.17, 15) is 9.59 Å². The predicted octanol–water partition coefficient (Wildman–Crippen LogP) is 1.05. The summed E-state index contributed by atoms with van der Waals surface area (Å²) in [7, 11) is 1.56. The van der Waals surface area contributed by atoms with Crippen LogP contribution in [0.1, 0.15) is 16.1 Å². The van der Waals surface area contributed by atoms with Gasteiger partial charge in [0.25, 0.3) is 5.56 Å². The summed E-state index contributed by atoms with van der Waals surface area (Å²) < 4.78 is 6.41. The Hall–Kier alpha value is -2.21. The first-order valence-electron chi connectivity index (χ1n) is 5.77. The molecule has 0 aliphatic carbocycles. The summed E-state index contributed by atoms with van der Waals surface area (Å²) in [6.07, 6.45) is 1.64. The molecule has 1 N–H and O–H groups in total. The maximum absolute atomic E-state index is 12.2. The van der Waals surface area contributed by atoms with Crippen molar-refractivity contribution in [3.8, 4) is 0 Å². The number of aromatic carboxylic acids is 1. The average Bonchev–Trinajstić information content (AvgIpc) is 2.37. The maximum Gasteiger partial charge on any atom is 0.337 e. The van der Waals surface area contributed by atoms with Crippen LogP contribution in [0.4, 0.5) is 0 Å². The van der Waals surface area contributed by atoms with E-state index in [1.807, 2.05) is 0 Å². The summed E-state index contributed by atoms with van der Waals surface area (Å²) in [4.78, 5) is 27.4. The summed E-state index contributed by atoms with van der Waals surface area (Å²) in [5, 5.41) is 9.36. The van der Waals surface area contributed by atoms with Gasteiger partial charge in [-0.1, -0.05) is 0 Å². The lowest BCUT2D eigenvalue weighted by Gasteiger charge is -2.08. The van der Waals surface area contributed by atoms with Crippen molar-refractivity contribution in [2.75, 3.05) is 13.7 Å². The van der Waals surface area contributed by atoms with E-state index in [0.29, 0.717) is 29.7 Å². The van der Waals surface area contributed by atoms with Gasteiger partial charge in [-0.3, -0.25) is 9.78 Å². The number of methoxy groups -OCH3 is 1. The molecule has 6 heteroatoms. The van der Waals surface area contributed by atoms with Gasteiger partial charge >= 0.3 is 5.97 Å². The number of pyridine rings is 2. The topological polar surface area (TPSA) is 81.4 Å². The van der Waals surface area contributed by atoms with E-state index in [4.69, 9.17) is 9.84 Å². The first kappa shape index (κ1) is 13.2. The molecule has 19 heavy (non-hydrogen) atoms. The highest BCUT2D eigenvalue weighted by atomic mass is 16.5. The van der Waals surface area contributed by atoms with Crippen LogP contribution in [0.2, 0.25) is 0 Å². The maximum atomic E-state index is 12.2. The number of fused-ring (bicyclic) bond motifs is 1. The fourth-order valence-corrected chi connectivity index (χ4v) is 1.89. The Balaban J connectivity index is 2.64. The van der Waals surface area contributed by atoms with Crippen molar-refractivity contribution in [2.45, 2.75) is 13.5 Å². The molecule has 0 aromatic carbocycles. The van der Waals surface area contributed by atoms with Gasteiger partial charge in [0.05, 0.1) is 28.8 Å². The first-order chi connectivity index (χ1) is 9.04. The van der Waals surface area contributed by atoms with E-state index in [0.717, 1.165) is 0 Å². The minimum Gasteiger partial charge on any atom is -0.478 e. The van der Waals surface area contributed by atoms with Crippen LogP contribution in [0.15, 0.2) is 23.1 Å². The van der Waals surface area contributed by atoms with Crippen molar-refractivity contribution >= 4 is 16.9 Å². The van der Waals surface area contributed by atoms with E-state index in [2.05, 4.69) is 4.98 Å². The quantitative estimate of drug-likeness (QED) is 0.890. The fourth-order valence-electron chi connectivity index (χ4n) is 1.89. The number of carboxylic acid groups (broad SMARTS) is 1. The molecule has 0 radical (unpaired) electrons. The second kappa shape index (κ2) is 5.19. The van der Waals surface area contributed by atoms with E-state index in [-0.39, 0.29) is 11.1 Å². The van der Waals surface area contributed by atoms with Crippen molar-refractivity contribution in [2.24, 2.45) is 0 Å². The van der Waals surface area contributed by atoms with Gasteiger partial charge in [0.15, 0.2) is 0 Å². The van der Waals surface area contributed by atoms with Crippen LogP contribution in [0.3, 0.4) is 0 Å². The summed E-state index contributed by atoms with van der Waals surface area (Å²) in [5.74, 6) is -1.08. The second-order valence-electron chi connectivity index (χ2n) is 4.17. The minimum absolute atomic E-state index is 0.0501. The monoisotopic (exact) mass is 262 g/mol. The third kappa shape index (κ3) is 2.48. The summed E-state index contributed by atoms with van der Waals surface area (Å²) in [6.45, 7) is 2.44. The number of aryl methyl sites for hydroxylation is 1. The van der Waals surface area contributed by atoms with Gasteiger partial charge in [0.2, 0.25) is 0 Å². The van der Waals surface area contributed by atoms with Crippen molar-refractivity contribution in [3.63, 3.8) is 0 Å². The molecule has 2 aromatic heterocycles. The number of hydrogen-bond donors (Lipinski definition) is 1. The third-order valence-electron chi connectivity index (χ3n) is 2.91. The minimum atomic E-state index is -1.08. The number of nitrogens with zero attached hydrogens (tertiary/aromatic N) is 2. The van der Waals surface area contributed by atoms with Gasteiger partial charge in [-0.25, -0.2) is 4.79 Å². The van der Waals surface area contributed by atoms with Crippen LogP contribution in [0.5, 0.6) is 0 Å². The lowest BCUT2D eigenvalue weighted by atomic mass is 10.1. The van der Waals surface area contributed by atoms with E-state index >= 15 is 0 Å². The van der Waals surface area contributed by atoms with Crippen molar-refractivity contribution in [1.29, 1.82) is 0 Å². The van der Waals surface area contributed by atoms with Crippen LogP contribution in [-0.4, -0.2) is 34.3 Å². The molecule has 0 unspecified atom stereocenters. The molecule has 0 fully saturated rings. The Labute approximate surface area is 109 Å². The standard InChI is InChI=1S/C13H14N2O4/c1-8-9(13(17)18)7-10-11(14-8)3-4-15(12(10)16)5-6-19-2/h3-4,7H,5-6H2,1-2H3,(H,17,18). The average molecular weight is 262 g/mol. The molecular weight excluding hydrogens is 248 g/mol.